The number of allylic oxidation sites excluding steroid dienone is 2. The van der Waals surface area contributed by atoms with Crippen molar-refractivity contribution in [2.75, 3.05) is 19.1 Å². The van der Waals surface area contributed by atoms with Crippen LogP contribution in [-0.2, 0) is 14.3 Å². The molecule has 8 atom stereocenters. The van der Waals surface area contributed by atoms with Crippen LogP contribution in [0, 0.1) is 35.5 Å². The Labute approximate surface area is 201 Å². The lowest BCUT2D eigenvalue weighted by atomic mass is 9.63. The molecule has 0 radical (unpaired) electrons. The highest BCUT2D eigenvalue weighted by molar-refractivity contribution is 6.22. The van der Waals surface area contributed by atoms with Crippen LogP contribution >= 0.6 is 0 Å². The fourth-order valence-corrected chi connectivity index (χ4v) is 6.60. The number of rotatable bonds is 6. The minimum Gasteiger partial charge on any atom is -0.493 e. The van der Waals surface area contributed by atoms with Crippen LogP contribution in [0.25, 0.3) is 0 Å². The fourth-order valence-electron chi connectivity index (χ4n) is 6.60. The predicted octanol–water partition coefficient (Wildman–Crippen LogP) is 2.98. The maximum Gasteiger partial charge on any atom is 0.239 e. The number of nitrogens with zero attached hydrogens (tertiary/aromatic N) is 2. The number of hydrogen-bond donors (Lipinski definition) is 0. The molecule has 2 bridgehead atoms. The molecule has 8 rings (SSSR count). The van der Waals surface area contributed by atoms with Crippen molar-refractivity contribution in [3.05, 3.63) is 59.8 Å². The zero-order valence-electron chi connectivity index (χ0n) is 19.3. The van der Waals surface area contributed by atoms with Crippen molar-refractivity contribution < 1.29 is 28.6 Å². The van der Waals surface area contributed by atoms with Crippen molar-refractivity contribution >= 4 is 23.4 Å². The number of ketones is 1. The minimum absolute atomic E-state index is 0.130. The molecule has 2 aliphatic heterocycles. The molecule has 8 unspecified atom stereocenters. The lowest BCUT2D eigenvalue weighted by molar-refractivity contribution is -0.124. The Bertz CT molecular complexity index is 1270. The third-order valence-corrected chi connectivity index (χ3v) is 8.41. The van der Waals surface area contributed by atoms with E-state index in [0.717, 1.165) is 12.0 Å². The van der Waals surface area contributed by atoms with Crippen molar-refractivity contribution in [3.63, 3.8) is 0 Å². The van der Waals surface area contributed by atoms with E-state index in [1.54, 1.807) is 36.5 Å². The summed E-state index contributed by atoms with van der Waals surface area (Å²) in [6.07, 6.45) is 6.00. The number of amides is 2. The van der Waals surface area contributed by atoms with Gasteiger partial charge in [-0.2, -0.15) is 0 Å². The first-order valence-corrected chi connectivity index (χ1v) is 12.0. The van der Waals surface area contributed by atoms with Gasteiger partial charge in [-0.25, -0.2) is 9.88 Å². The lowest BCUT2D eigenvalue weighted by Crippen LogP contribution is -2.40. The number of methoxy groups -OCH3 is 2. The zero-order valence-corrected chi connectivity index (χ0v) is 19.3. The molecule has 1 aromatic heterocycles. The number of hydrogen-bond acceptors (Lipinski definition) is 7. The summed E-state index contributed by atoms with van der Waals surface area (Å²) in [6, 6.07) is 8.46. The number of imide groups is 1. The third-order valence-electron chi connectivity index (χ3n) is 8.41. The van der Waals surface area contributed by atoms with Crippen molar-refractivity contribution in [2.45, 2.75) is 18.6 Å². The van der Waals surface area contributed by atoms with Gasteiger partial charge in [0.25, 0.3) is 0 Å². The number of ether oxygens (including phenoxy) is 3. The van der Waals surface area contributed by atoms with Gasteiger partial charge in [-0.05, 0) is 54.4 Å². The van der Waals surface area contributed by atoms with Crippen molar-refractivity contribution in [2.24, 2.45) is 35.5 Å². The van der Waals surface area contributed by atoms with Crippen LogP contribution < -0.4 is 14.4 Å². The molecule has 0 N–H and O–H groups in total. The molecule has 4 fully saturated rings. The highest BCUT2D eigenvalue weighted by Gasteiger charge is 2.67. The Balaban J connectivity index is 1.08. The number of carbonyl (C=O) groups excluding carboxylic acids is 3. The monoisotopic (exact) mass is 472 g/mol. The summed E-state index contributed by atoms with van der Waals surface area (Å²) < 4.78 is 16.2. The highest BCUT2D eigenvalue weighted by atomic mass is 16.6. The van der Waals surface area contributed by atoms with Gasteiger partial charge in [-0.3, -0.25) is 14.4 Å². The second-order valence-corrected chi connectivity index (χ2v) is 10.0. The Hall–Kier alpha value is -3.52. The van der Waals surface area contributed by atoms with Crippen LogP contribution in [0.3, 0.4) is 0 Å². The molecule has 3 heterocycles. The van der Waals surface area contributed by atoms with E-state index in [4.69, 9.17) is 14.2 Å². The Morgan fingerprint density at radius 3 is 2.26 bits per heavy atom. The number of epoxide rings is 1. The van der Waals surface area contributed by atoms with Crippen LogP contribution in [0.5, 0.6) is 11.5 Å². The number of pyridine rings is 1. The van der Waals surface area contributed by atoms with Gasteiger partial charge in [0.15, 0.2) is 23.4 Å². The van der Waals surface area contributed by atoms with Crippen LogP contribution in [0.15, 0.2) is 48.7 Å². The third kappa shape index (κ3) is 2.89. The van der Waals surface area contributed by atoms with Gasteiger partial charge >= 0.3 is 0 Å². The average Bonchev–Trinajstić information content (AvgIpc) is 3.81. The van der Waals surface area contributed by atoms with E-state index in [1.807, 2.05) is 0 Å². The molecule has 2 aromatic rings. The predicted molar refractivity (Wildman–Crippen MR) is 123 cm³/mol. The molecule has 2 saturated heterocycles. The van der Waals surface area contributed by atoms with Gasteiger partial charge in [-0.15, -0.1) is 0 Å². The smallest absolute Gasteiger partial charge is 0.239 e. The Kier molecular flexibility index (Phi) is 4.31. The molecule has 178 valence electrons. The van der Waals surface area contributed by atoms with Crippen LogP contribution in [0.4, 0.5) is 5.82 Å². The van der Waals surface area contributed by atoms with Gasteiger partial charge in [0, 0.05) is 17.3 Å². The second kappa shape index (κ2) is 7.24. The Morgan fingerprint density at radius 1 is 0.971 bits per heavy atom. The number of carbonyl (C=O) groups is 3. The zero-order chi connectivity index (χ0) is 24.0. The first-order valence-electron chi connectivity index (χ1n) is 12.0. The minimum atomic E-state index is -0.618. The summed E-state index contributed by atoms with van der Waals surface area (Å²) >= 11 is 0. The maximum atomic E-state index is 13.3. The first-order chi connectivity index (χ1) is 17.0. The molecule has 2 saturated carbocycles. The largest absolute Gasteiger partial charge is 0.493 e. The van der Waals surface area contributed by atoms with Gasteiger partial charge in [0.1, 0.15) is 11.9 Å². The molecule has 0 spiro atoms. The van der Waals surface area contributed by atoms with E-state index in [1.165, 1.54) is 19.1 Å². The average molecular weight is 472 g/mol. The van der Waals surface area contributed by atoms with E-state index >= 15 is 0 Å². The van der Waals surface area contributed by atoms with E-state index in [9.17, 15) is 14.4 Å². The topological polar surface area (TPSA) is 98.3 Å². The molecule has 1 aromatic carbocycles. The first kappa shape index (κ1) is 20.8. The van der Waals surface area contributed by atoms with Crippen molar-refractivity contribution in [1.82, 2.24) is 4.98 Å². The summed E-state index contributed by atoms with van der Waals surface area (Å²) in [6.45, 7) is 0. The number of Topliss-reactive ketones (excluding diaryl/α,β-unsaturated/α-hetero) is 1. The van der Waals surface area contributed by atoms with Crippen LogP contribution in [-0.4, -0.2) is 42.9 Å². The van der Waals surface area contributed by atoms with Gasteiger partial charge < -0.3 is 14.2 Å². The summed E-state index contributed by atoms with van der Waals surface area (Å²) in [5.74, 6) is 1.92. The Morgan fingerprint density at radius 2 is 1.66 bits per heavy atom. The summed E-state index contributed by atoms with van der Waals surface area (Å²) in [7, 11) is 3.06. The number of anilines is 1. The fraction of sp³-hybridized carbons (Fsp3) is 0.407. The SMILES string of the molecule is COc1ccc(C(=O)C2OC2c2ccc(N3C(=O)C4C5C=CC(C6CC56)C4C3=O)nc2)cc1OC. The highest BCUT2D eigenvalue weighted by Crippen LogP contribution is 2.65. The molecule has 35 heavy (non-hydrogen) atoms. The number of benzene rings is 1. The summed E-state index contributed by atoms with van der Waals surface area (Å²) in [4.78, 5) is 45.2. The quantitative estimate of drug-likeness (QED) is 0.276. The van der Waals surface area contributed by atoms with E-state index in [0.29, 0.717) is 34.7 Å². The van der Waals surface area contributed by atoms with Gasteiger partial charge in [0.05, 0.1) is 26.1 Å². The van der Waals surface area contributed by atoms with Crippen LogP contribution in [0.1, 0.15) is 28.4 Å². The molecule has 2 amide bonds. The molecular weight excluding hydrogens is 448 g/mol. The molecule has 8 nitrogen and oxygen atoms in total. The van der Waals surface area contributed by atoms with E-state index in [2.05, 4.69) is 17.1 Å². The standard InChI is InChI=1S/C27H24N2O6/c1-33-18-7-3-12(9-19(18)34-2)23(30)25-24(35-25)13-4-8-20(28-11-13)29-26(31)21-14-5-6-15(17-10-16(14)17)22(21)27(29)32/h3-9,11,14-17,21-22,24-25H,10H2,1-2H3. The summed E-state index contributed by atoms with van der Waals surface area (Å²) in [5, 5.41) is 0. The molecule has 4 aliphatic carbocycles. The van der Waals surface area contributed by atoms with Gasteiger partial charge in [-0.1, -0.05) is 18.2 Å². The maximum absolute atomic E-state index is 13.3. The normalized spacial score (nSPS) is 35.5. The van der Waals surface area contributed by atoms with Gasteiger partial charge in [0.2, 0.25) is 11.8 Å². The van der Waals surface area contributed by atoms with Crippen LogP contribution in [0.2, 0.25) is 0 Å². The van der Waals surface area contributed by atoms with Crippen molar-refractivity contribution in [3.8, 4) is 11.5 Å². The molecule has 6 aliphatic rings. The number of aromatic nitrogens is 1. The molecule has 8 heteroatoms. The van der Waals surface area contributed by atoms with E-state index < -0.39 is 12.2 Å². The molecular formula is C27H24N2O6. The van der Waals surface area contributed by atoms with E-state index in [-0.39, 0.29) is 41.3 Å². The lowest BCUT2D eigenvalue weighted by Gasteiger charge is -2.37. The van der Waals surface area contributed by atoms with Crippen molar-refractivity contribution in [1.29, 1.82) is 0 Å². The second-order valence-electron chi connectivity index (χ2n) is 10.0. The summed E-state index contributed by atoms with van der Waals surface area (Å²) in [5.41, 5.74) is 1.20.